The fourth-order valence-corrected chi connectivity index (χ4v) is 4.03. The molecule has 3 rings (SSSR count). The molecule has 0 unspecified atom stereocenters. The van der Waals surface area contributed by atoms with Crippen molar-refractivity contribution in [1.82, 2.24) is 15.2 Å². The number of hydrogen-bond acceptors (Lipinski definition) is 6. The van der Waals surface area contributed by atoms with E-state index in [2.05, 4.69) is 27.6 Å². The van der Waals surface area contributed by atoms with Gasteiger partial charge in [0.15, 0.2) is 0 Å². The topological polar surface area (TPSA) is 92.5 Å². The second-order valence-corrected chi connectivity index (χ2v) is 8.59. The molecule has 1 amide bonds. The second kappa shape index (κ2) is 9.45. The van der Waals surface area contributed by atoms with Gasteiger partial charge in [0.05, 0.1) is 17.6 Å². The van der Waals surface area contributed by atoms with Gasteiger partial charge in [0.25, 0.3) is 0 Å². The maximum Gasteiger partial charge on any atom is 0.223 e. The van der Waals surface area contributed by atoms with E-state index in [0.717, 1.165) is 57.3 Å². The lowest BCUT2D eigenvalue weighted by Crippen LogP contribution is -2.39. The van der Waals surface area contributed by atoms with Gasteiger partial charge in [-0.1, -0.05) is 0 Å². The molecule has 1 saturated carbocycles. The van der Waals surface area contributed by atoms with E-state index in [1.165, 1.54) is 0 Å². The van der Waals surface area contributed by atoms with Crippen molar-refractivity contribution in [3.63, 3.8) is 0 Å². The molecule has 1 aromatic heterocycles. The standard InChI is InChI=1S/C21H35N5O2/c1-14(2)24-21(27)15-4-6-16(7-5-15)25-19-12-20(23-13-18(19)22)28-17-8-10-26(3)11-9-17/h12-17H,4-11,22H2,1-3H3,(H,23,25)(H,24,27)/t15-,16+. The fourth-order valence-electron chi connectivity index (χ4n) is 4.03. The Bertz CT molecular complexity index is 650. The number of pyridine rings is 1. The molecule has 4 N–H and O–H groups in total. The molecule has 156 valence electrons. The minimum atomic E-state index is 0.124. The van der Waals surface area contributed by atoms with Gasteiger partial charge in [0, 0.05) is 37.2 Å². The largest absolute Gasteiger partial charge is 0.474 e. The predicted octanol–water partition coefficient (Wildman–Crippen LogP) is 2.63. The Kier molecular flexibility index (Phi) is 6.99. The Morgan fingerprint density at radius 2 is 1.89 bits per heavy atom. The second-order valence-electron chi connectivity index (χ2n) is 8.59. The van der Waals surface area contributed by atoms with Crippen LogP contribution in [0.3, 0.4) is 0 Å². The first-order chi connectivity index (χ1) is 13.4. The highest BCUT2D eigenvalue weighted by atomic mass is 16.5. The first-order valence-electron chi connectivity index (χ1n) is 10.6. The Labute approximate surface area is 168 Å². The molecule has 1 aromatic rings. The number of nitrogens with two attached hydrogens (primary N) is 1. The number of anilines is 2. The number of nitrogens with zero attached hydrogens (tertiary/aromatic N) is 2. The highest BCUT2D eigenvalue weighted by Crippen LogP contribution is 2.30. The van der Waals surface area contributed by atoms with Gasteiger partial charge in [-0.15, -0.1) is 0 Å². The smallest absolute Gasteiger partial charge is 0.223 e. The Morgan fingerprint density at radius 1 is 1.21 bits per heavy atom. The molecule has 28 heavy (non-hydrogen) atoms. The molecule has 1 aliphatic heterocycles. The summed E-state index contributed by atoms with van der Waals surface area (Å²) in [6.07, 6.45) is 7.66. The van der Waals surface area contributed by atoms with Gasteiger partial charge < -0.3 is 26.0 Å². The number of nitrogens with one attached hydrogen (secondary N) is 2. The van der Waals surface area contributed by atoms with Crippen molar-refractivity contribution >= 4 is 17.3 Å². The van der Waals surface area contributed by atoms with Gasteiger partial charge >= 0.3 is 0 Å². The molecule has 1 saturated heterocycles. The maximum atomic E-state index is 12.2. The summed E-state index contributed by atoms with van der Waals surface area (Å²) in [7, 11) is 2.14. The van der Waals surface area contributed by atoms with Crippen LogP contribution in [0.5, 0.6) is 5.88 Å². The van der Waals surface area contributed by atoms with E-state index in [1.807, 2.05) is 19.9 Å². The summed E-state index contributed by atoms with van der Waals surface area (Å²) in [4.78, 5) is 18.9. The summed E-state index contributed by atoms with van der Waals surface area (Å²) in [6.45, 7) is 6.11. The minimum Gasteiger partial charge on any atom is -0.474 e. The highest BCUT2D eigenvalue weighted by molar-refractivity contribution is 5.79. The van der Waals surface area contributed by atoms with Crippen LogP contribution in [0.1, 0.15) is 52.4 Å². The number of carbonyl (C=O) groups is 1. The normalized spacial score (nSPS) is 24.1. The van der Waals surface area contributed by atoms with Crippen LogP contribution in [0.2, 0.25) is 0 Å². The van der Waals surface area contributed by atoms with E-state index in [-0.39, 0.29) is 24.0 Å². The van der Waals surface area contributed by atoms with Crippen LogP contribution < -0.4 is 21.1 Å². The summed E-state index contributed by atoms with van der Waals surface area (Å²) >= 11 is 0. The van der Waals surface area contributed by atoms with Crippen LogP contribution in [-0.2, 0) is 4.79 Å². The molecule has 7 heteroatoms. The third kappa shape index (κ3) is 5.74. The number of likely N-dealkylation sites (tertiary alicyclic amines) is 1. The number of hydrogen-bond donors (Lipinski definition) is 3. The Morgan fingerprint density at radius 3 is 2.54 bits per heavy atom. The van der Waals surface area contributed by atoms with Crippen molar-refractivity contribution < 1.29 is 9.53 Å². The van der Waals surface area contributed by atoms with Crippen LogP contribution in [0.4, 0.5) is 11.4 Å². The Hall–Kier alpha value is -2.02. The van der Waals surface area contributed by atoms with E-state index in [9.17, 15) is 4.79 Å². The third-order valence-electron chi connectivity index (χ3n) is 5.75. The van der Waals surface area contributed by atoms with E-state index in [4.69, 9.17) is 10.5 Å². The quantitative estimate of drug-likeness (QED) is 0.693. The fraction of sp³-hybridized carbons (Fsp3) is 0.714. The average molecular weight is 390 g/mol. The van der Waals surface area contributed by atoms with Crippen molar-refractivity contribution in [2.75, 3.05) is 31.2 Å². The zero-order chi connectivity index (χ0) is 20.1. The van der Waals surface area contributed by atoms with Crippen LogP contribution in [0.15, 0.2) is 12.3 Å². The molecule has 0 aromatic carbocycles. The lowest BCUT2D eigenvalue weighted by atomic mass is 9.85. The summed E-state index contributed by atoms with van der Waals surface area (Å²) in [5.74, 6) is 0.945. The van der Waals surface area contributed by atoms with Crippen LogP contribution in [0.25, 0.3) is 0 Å². The van der Waals surface area contributed by atoms with E-state index in [0.29, 0.717) is 17.6 Å². The zero-order valence-corrected chi connectivity index (χ0v) is 17.4. The molecule has 2 heterocycles. The number of ether oxygens (including phenoxy) is 1. The van der Waals surface area contributed by atoms with Crippen molar-refractivity contribution in [3.05, 3.63) is 12.3 Å². The number of piperidine rings is 1. The molecule has 1 aliphatic carbocycles. The SMILES string of the molecule is CC(C)NC(=O)[C@H]1CC[C@@H](Nc2cc(OC3CCN(C)CC3)ncc2N)CC1. The molecular weight excluding hydrogens is 354 g/mol. The summed E-state index contributed by atoms with van der Waals surface area (Å²) < 4.78 is 6.09. The lowest BCUT2D eigenvalue weighted by Gasteiger charge is -2.30. The van der Waals surface area contributed by atoms with Crippen LogP contribution in [0, 0.1) is 5.92 Å². The summed E-state index contributed by atoms with van der Waals surface area (Å²) in [5.41, 5.74) is 7.65. The monoisotopic (exact) mass is 389 g/mol. The molecule has 0 atom stereocenters. The number of amides is 1. The highest BCUT2D eigenvalue weighted by Gasteiger charge is 2.27. The van der Waals surface area contributed by atoms with E-state index in [1.54, 1.807) is 6.20 Å². The molecular formula is C21H35N5O2. The minimum absolute atomic E-state index is 0.124. The van der Waals surface area contributed by atoms with Gasteiger partial charge in [-0.3, -0.25) is 4.79 Å². The molecule has 2 aliphatic rings. The van der Waals surface area contributed by atoms with Gasteiger partial charge in [-0.25, -0.2) is 4.98 Å². The first-order valence-corrected chi connectivity index (χ1v) is 10.6. The predicted molar refractivity (Wildman–Crippen MR) is 112 cm³/mol. The molecule has 0 spiro atoms. The lowest BCUT2D eigenvalue weighted by molar-refractivity contribution is -0.126. The maximum absolute atomic E-state index is 12.2. The number of aromatic nitrogens is 1. The Balaban J connectivity index is 1.52. The molecule has 0 radical (unpaired) electrons. The zero-order valence-electron chi connectivity index (χ0n) is 17.4. The van der Waals surface area contributed by atoms with Gasteiger partial charge in [-0.05, 0) is 59.4 Å². The molecule has 0 bridgehead atoms. The first kappa shape index (κ1) is 20.7. The summed E-state index contributed by atoms with van der Waals surface area (Å²) in [5, 5.41) is 6.58. The average Bonchev–Trinajstić information content (AvgIpc) is 2.66. The van der Waals surface area contributed by atoms with Crippen molar-refractivity contribution in [2.45, 2.75) is 70.6 Å². The van der Waals surface area contributed by atoms with Crippen molar-refractivity contribution in [2.24, 2.45) is 5.92 Å². The van der Waals surface area contributed by atoms with Gasteiger partial charge in [0.2, 0.25) is 11.8 Å². The summed E-state index contributed by atoms with van der Waals surface area (Å²) in [6, 6.07) is 2.44. The third-order valence-corrected chi connectivity index (χ3v) is 5.75. The van der Waals surface area contributed by atoms with Gasteiger partial charge in [-0.2, -0.15) is 0 Å². The van der Waals surface area contributed by atoms with Crippen molar-refractivity contribution in [3.8, 4) is 5.88 Å². The van der Waals surface area contributed by atoms with Crippen molar-refractivity contribution in [1.29, 1.82) is 0 Å². The number of rotatable bonds is 6. The van der Waals surface area contributed by atoms with Crippen LogP contribution in [-0.4, -0.2) is 54.1 Å². The van der Waals surface area contributed by atoms with Crippen LogP contribution >= 0.6 is 0 Å². The van der Waals surface area contributed by atoms with E-state index < -0.39 is 0 Å². The van der Waals surface area contributed by atoms with Gasteiger partial charge in [0.1, 0.15) is 6.10 Å². The van der Waals surface area contributed by atoms with E-state index >= 15 is 0 Å². The molecule has 7 nitrogen and oxygen atoms in total. The number of nitrogen functional groups attached to an aromatic ring is 1. The number of carbonyl (C=O) groups excluding carboxylic acids is 1. The molecule has 2 fully saturated rings.